The first-order valence-electron chi connectivity index (χ1n) is 18.0. The molecule has 4 fully saturated rings. The number of sulfone groups is 1. The summed E-state index contributed by atoms with van der Waals surface area (Å²) in [6, 6.07) is -3.38. The van der Waals surface area contributed by atoms with E-state index in [1.807, 2.05) is 27.7 Å². The van der Waals surface area contributed by atoms with Crippen molar-refractivity contribution in [3.63, 3.8) is 0 Å². The number of ether oxygens (including phenoxy) is 1. The maximum atomic E-state index is 14.5. The fraction of sp³-hybridized carbons (Fsp3) is 0.829. The number of piperidine rings is 1. The van der Waals surface area contributed by atoms with Gasteiger partial charge in [-0.05, 0) is 41.9 Å². The number of hydrogen-bond acceptors (Lipinski definition) is 8. The van der Waals surface area contributed by atoms with Crippen LogP contribution in [0.5, 0.6) is 0 Å². The number of unbranched alkanes of at least 4 members (excludes halogenated alkanes) is 1. The van der Waals surface area contributed by atoms with E-state index in [1.54, 1.807) is 4.90 Å². The van der Waals surface area contributed by atoms with E-state index < -0.39 is 74.0 Å². The molecule has 0 aromatic rings. The number of carbonyl (C=O) groups is 4. The van der Waals surface area contributed by atoms with Crippen molar-refractivity contribution in [2.45, 2.75) is 128 Å². The molecule has 2 saturated carbocycles. The number of likely N-dealkylation sites (tertiary alicyclic amines) is 1. The standard InChI is InChI=1S/C35H59N5O8S/c1-8-10-14-23(27(41)30(43)36-17-9-2)37-29(42)26-25-22(34(25,6)7)20-40(26)31(44)28(33(3,4)5)38-32(45)39-35(15-12-11-13-16-35)24-21-48-18-19-49(24,46)47/h9,22-28,41H,2,8,10-21H2,1,3-7H3,(H,36,43)(H,37,42)(H2,38,39,45)/t22?,23-,24?,25?,26-,27?,28+/m0/s1. The van der Waals surface area contributed by atoms with Crippen molar-refractivity contribution in [1.29, 1.82) is 0 Å². The van der Waals surface area contributed by atoms with E-state index in [9.17, 15) is 32.7 Å². The van der Waals surface area contributed by atoms with E-state index in [0.717, 1.165) is 25.7 Å². The molecule has 2 heterocycles. The van der Waals surface area contributed by atoms with Gasteiger partial charge in [0, 0.05) is 13.1 Å². The van der Waals surface area contributed by atoms with E-state index >= 15 is 0 Å². The van der Waals surface area contributed by atoms with E-state index in [1.165, 1.54) is 6.08 Å². The molecule has 2 aliphatic carbocycles. The van der Waals surface area contributed by atoms with Crippen molar-refractivity contribution < 1.29 is 37.4 Å². The first-order valence-corrected chi connectivity index (χ1v) is 19.7. The SMILES string of the molecule is C=CCNC(=O)C(O)[C@H](CCCC)NC(=O)[C@@H]1C2C(CN1C(=O)[C@@H](NC(=O)NC1(C3COCCS3(=O)=O)CCCCC1)C(C)(C)C)C2(C)C. The summed E-state index contributed by atoms with van der Waals surface area (Å²) in [5, 5.41) is 21.5. The van der Waals surface area contributed by atoms with Gasteiger partial charge < -0.3 is 36.0 Å². The normalized spacial score (nSPS) is 28.6. The van der Waals surface area contributed by atoms with Crippen molar-refractivity contribution in [1.82, 2.24) is 26.2 Å². The summed E-state index contributed by atoms with van der Waals surface area (Å²) in [7, 11) is -3.51. The largest absolute Gasteiger partial charge is 0.381 e. The Labute approximate surface area is 292 Å². The molecule has 13 nitrogen and oxygen atoms in total. The molecular weight excluding hydrogens is 650 g/mol. The second-order valence-corrected chi connectivity index (χ2v) is 18.5. The summed E-state index contributed by atoms with van der Waals surface area (Å²) in [6.07, 6.45) is 5.31. The van der Waals surface area contributed by atoms with Crippen LogP contribution in [0.15, 0.2) is 12.7 Å². The maximum Gasteiger partial charge on any atom is 0.315 e. The molecule has 4 aliphatic rings. The number of rotatable bonds is 13. The molecular formula is C35H59N5O8S. The number of hydrogen-bond donors (Lipinski definition) is 5. The minimum Gasteiger partial charge on any atom is -0.381 e. The lowest BCUT2D eigenvalue weighted by atomic mass is 9.79. The second-order valence-electron chi connectivity index (χ2n) is 16.2. The zero-order valence-electron chi connectivity index (χ0n) is 30.2. The summed E-state index contributed by atoms with van der Waals surface area (Å²) in [5.41, 5.74) is -1.97. The highest BCUT2D eigenvalue weighted by Gasteiger charge is 2.70. The van der Waals surface area contributed by atoms with Crippen LogP contribution in [0.3, 0.4) is 0 Å². The molecule has 5 amide bonds. The van der Waals surface area contributed by atoms with Crippen LogP contribution in [0.2, 0.25) is 0 Å². The number of nitrogens with one attached hydrogen (secondary N) is 4. The minimum absolute atomic E-state index is 0.0111. The lowest BCUT2D eigenvalue weighted by Gasteiger charge is -2.45. The number of amides is 5. The number of fused-ring (bicyclic) bond motifs is 1. The van der Waals surface area contributed by atoms with Gasteiger partial charge in [-0.15, -0.1) is 6.58 Å². The zero-order chi connectivity index (χ0) is 36.4. The molecule has 278 valence electrons. The molecule has 5 N–H and O–H groups in total. The quantitative estimate of drug-likeness (QED) is 0.180. The van der Waals surface area contributed by atoms with Gasteiger partial charge in [-0.1, -0.05) is 79.7 Å². The number of urea groups is 1. The van der Waals surface area contributed by atoms with Crippen LogP contribution >= 0.6 is 0 Å². The minimum atomic E-state index is -3.51. The average molecular weight is 710 g/mol. The molecule has 49 heavy (non-hydrogen) atoms. The van der Waals surface area contributed by atoms with Crippen molar-refractivity contribution in [3.8, 4) is 0 Å². The van der Waals surface area contributed by atoms with Crippen LogP contribution in [0.25, 0.3) is 0 Å². The van der Waals surface area contributed by atoms with Crippen LogP contribution in [0.4, 0.5) is 4.79 Å². The van der Waals surface area contributed by atoms with Gasteiger partial charge in [-0.25, -0.2) is 13.2 Å². The van der Waals surface area contributed by atoms with Crippen LogP contribution in [-0.4, -0.2) is 109 Å². The first kappa shape index (κ1) is 39.1. The molecule has 2 aliphatic heterocycles. The Hall–Kier alpha value is -2.71. The first-order chi connectivity index (χ1) is 22.9. The van der Waals surface area contributed by atoms with Gasteiger partial charge in [0.1, 0.15) is 17.3 Å². The molecule has 7 atom stereocenters. The molecule has 0 spiro atoms. The smallest absolute Gasteiger partial charge is 0.315 e. The lowest BCUT2D eigenvalue weighted by Crippen LogP contribution is -2.67. The van der Waals surface area contributed by atoms with Crippen LogP contribution < -0.4 is 21.3 Å². The maximum absolute atomic E-state index is 14.5. The summed E-state index contributed by atoms with van der Waals surface area (Å²) >= 11 is 0. The zero-order valence-corrected chi connectivity index (χ0v) is 31.0. The molecule has 4 unspecified atom stereocenters. The highest BCUT2D eigenvalue weighted by Crippen LogP contribution is 2.65. The van der Waals surface area contributed by atoms with Gasteiger partial charge in [-0.3, -0.25) is 14.4 Å². The molecule has 4 rings (SSSR count). The molecule has 0 aromatic heterocycles. The number of aliphatic hydroxyl groups excluding tert-OH is 1. The predicted molar refractivity (Wildman–Crippen MR) is 186 cm³/mol. The van der Waals surface area contributed by atoms with Gasteiger partial charge in [0.25, 0.3) is 5.91 Å². The van der Waals surface area contributed by atoms with Crippen molar-refractivity contribution in [3.05, 3.63) is 12.7 Å². The van der Waals surface area contributed by atoms with E-state index in [2.05, 4.69) is 41.7 Å². The third-order valence-electron chi connectivity index (χ3n) is 11.4. The number of aliphatic hydroxyl groups is 1. The Morgan fingerprint density at radius 1 is 1.10 bits per heavy atom. The summed E-state index contributed by atoms with van der Waals surface area (Å²) < 4.78 is 32.0. The molecule has 14 heteroatoms. The van der Waals surface area contributed by atoms with Crippen LogP contribution in [0.1, 0.15) is 92.9 Å². The van der Waals surface area contributed by atoms with E-state index in [-0.39, 0.29) is 42.8 Å². The Kier molecular flexibility index (Phi) is 12.2. The van der Waals surface area contributed by atoms with Crippen LogP contribution in [0, 0.1) is 22.7 Å². The highest BCUT2D eigenvalue weighted by molar-refractivity contribution is 7.92. The van der Waals surface area contributed by atoms with Gasteiger partial charge in [0.15, 0.2) is 15.9 Å². The highest BCUT2D eigenvalue weighted by atomic mass is 32.2. The predicted octanol–water partition coefficient (Wildman–Crippen LogP) is 2.04. The second kappa shape index (κ2) is 15.3. The number of carbonyl (C=O) groups excluding carboxylic acids is 4. The topological polar surface area (TPSA) is 183 Å². The van der Waals surface area contributed by atoms with Gasteiger partial charge in [-0.2, -0.15) is 0 Å². The molecule has 0 aromatic carbocycles. The van der Waals surface area contributed by atoms with Crippen LogP contribution in [-0.2, 0) is 29.0 Å². The van der Waals surface area contributed by atoms with E-state index in [4.69, 9.17) is 4.74 Å². The number of nitrogens with zero attached hydrogens (tertiary/aromatic N) is 1. The van der Waals surface area contributed by atoms with Crippen molar-refractivity contribution in [2.24, 2.45) is 22.7 Å². The Morgan fingerprint density at radius 3 is 2.37 bits per heavy atom. The average Bonchev–Trinajstić information content (AvgIpc) is 3.33. The molecule has 2 saturated heterocycles. The lowest BCUT2D eigenvalue weighted by molar-refractivity contribution is -0.144. The fourth-order valence-electron chi connectivity index (χ4n) is 8.31. The summed E-state index contributed by atoms with van der Waals surface area (Å²) in [4.78, 5) is 56.6. The summed E-state index contributed by atoms with van der Waals surface area (Å²) in [6.45, 7) is 15.8. The monoisotopic (exact) mass is 709 g/mol. The Morgan fingerprint density at radius 2 is 1.78 bits per heavy atom. The van der Waals surface area contributed by atoms with Gasteiger partial charge in [0.05, 0.1) is 30.5 Å². The van der Waals surface area contributed by atoms with Gasteiger partial charge in [0.2, 0.25) is 11.8 Å². The summed E-state index contributed by atoms with van der Waals surface area (Å²) in [5.74, 6) is -1.63. The van der Waals surface area contributed by atoms with E-state index in [0.29, 0.717) is 32.2 Å². The molecule has 0 radical (unpaired) electrons. The Balaban J connectivity index is 1.56. The molecule has 0 bridgehead atoms. The van der Waals surface area contributed by atoms with Crippen molar-refractivity contribution in [2.75, 3.05) is 32.1 Å². The third-order valence-corrected chi connectivity index (χ3v) is 13.5. The third kappa shape index (κ3) is 8.44. The fourth-order valence-corrected chi connectivity index (χ4v) is 10.2. The van der Waals surface area contributed by atoms with Crippen molar-refractivity contribution >= 4 is 33.6 Å². The van der Waals surface area contributed by atoms with Gasteiger partial charge >= 0.3 is 6.03 Å². The Bertz CT molecular complexity index is 1360.